The van der Waals surface area contributed by atoms with Gasteiger partial charge in [0, 0.05) is 30.2 Å². The van der Waals surface area contributed by atoms with E-state index in [1.807, 2.05) is 12.3 Å². The van der Waals surface area contributed by atoms with E-state index in [1.54, 1.807) is 0 Å². The highest BCUT2D eigenvalue weighted by Crippen LogP contribution is 2.41. The zero-order chi connectivity index (χ0) is 14.3. The lowest BCUT2D eigenvalue weighted by Crippen LogP contribution is -2.20. The third-order valence-corrected chi connectivity index (χ3v) is 4.43. The summed E-state index contributed by atoms with van der Waals surface area (Å²) in [7, 11) is 0. The van der Waals surface area contributed by atoms with Crippen molar-refractivity contribution in [2.75, 3.05) is 6.54 Å². The standard InChI is InChI=1S/C18H24N2/c1-12(2)16-11-20(16)18(13(3)4)15-9-5-7-14-8-6-10-19-17(14)15/h5-10,12-13,16,18H,11H2,1-4H3/t16-,18+,20?/m1/s1. The molecule has 0 amide bonds. The molecular weight excluding hydrogens is 244 g/mol. The van der Waals surface area contributed by atoms with Crippen molar-refractivity contribution in [3.8, 4) is 0 Å². The summed E-state index contributed by atoms with van der Waals surface area (Å²) in [4.78, 5) is 7.28. The zero-order valence-corrected chi connectivity index (χ0v) is 12.9. The third-order valence-electron chi connectivity index (χ3n) is 4.43. The molecule has 2 nitrogen and oxygen atoms in total. The van der Waals surface area contributed by atoms with E-state index in [2.05, 4.69) is 61.8 Å². The van der Waals surface area contributed by atoms with E-state index in [9.17, 15) is 0 Å². The van der Waals surface area contributed by atoms with Crippen molar-refractivity contribution in [3.05, 3.63) is 42.1 Å². The Labute approximate surface area is 121 Å². The quantitative estimate of drug-likeness (QED) is 0.770. The third kappa shape index (κ3) is 2.33. The molecule has 1 fully saturated rings. The molecule has 2 aromatic rings. The van der Waals surface area contributed by atoms with Crippen LogP contribution in [0.4, 0.5) is 0 Å². The van der Waals surface area contributed by atoms with E-state index in [0.29, 0.717) is 12.0 Å². The Morgan fingerprint density at radius 1 is 1.10 bits per heavy atom. The van der Waals surface area contributed by atoms with Crippen LogP contribution in [0.25, 0.3) is 10.9 Å². The summed E-state index contributed by atoms with van der Waals surface area (Å²) in [6.07, 6.45) is 1.91. The van der Waals surface area contributed by atoms with Crippen molar-refractivity contribution in [3.63, 3.8) is 0 Å². The second-order valence-electron chi connectivity index (χ2n) is 6.62. The van der Waals surface area contributed by atoms with E-state index < -0.39 is 0 Å². The van der Waals surface area contributed by atoms with Crippen LogP contribution in [0, 0.1) is 11.8 Å². The number of hydrogen-bond acceptors (Lipinski definition) is 2. The van der Waals surface area contributed by atoms with Gasteiger partial charge in [0.15, 0.2) is 0 Å². The Morgan fingerprint density at radius 2 is 1.85 bits per heavy atom. The van der Waals surface area contributed by atoms with E-state index in [1.165, 1.54) is 23.0 Å². The average Bonchev–Trinajstić information content (AvgIpc) is 3.19. The van der Waals surface area contributed by atoms with Gasteiger partial charge in [-0.15, -0.1) is 0 Å². The first kappa shape index (κ1) is 13.6. The lowest BCUT2D eigenvalue weighted by atomic mass is 9.93. The van der Waals surface area contributed by atoms with Gasteiger partial charge in [-0.25, -0.2) is 0 Å². The summed E-state index contributed by atoms with van der Waals surface area (Å²) in [5.41, 5.74) is 2.56. The lowest BCUT2D eigenvalue weighted by molar-refractivity contribution is 0.281. The Morgan fingerprint density at radius 3 is 2.50 bits per heavy atom. The Hall–Kier alpha value is -1.41. The number of benzene rings is 1. The summed E-state index contributed by atoms with van der Waals surface area (Å²) < 4.78 is 0. The summed E-state index contributed by atoms with van der Waals surface area (Å²) in [5, 5.41) is 1.25. The normalized spacial score (nSPS) is 23.5. The number of fused-ring (bicyclic) bond motifs is 1. The molecule has 20 heavy (non-hydrogen) atoms. The number of nitrogens with zero attached hydrogens (tertiary/aromatic N) is 2. The number of para-hydroxylation sites is 1. The number of hydrogen-bond donors (Lipinski definition) is 0. The van der Waals surface area contributed by atoms with Crippen LogP contribution in [-0.4, -0.2) is 22.5 Å². The molecule has 1 aliphatic rings. The first-order valence-electron chi connectivity index (χ1n) is 7.69. The summed E-state index contributed by atoms with van der Waals surface area (Å²) >= 11 is 0. The molecule has 3 rings (SSSR count). The Bertz CT molecular complexity index is 598. The second kappa shape index (κ2) is 5.17. The van der Waals surface area contributed by atoms with Crippen LogP contribution in [-0.2, 0) is 0 Å². The van der Waals surface area contributed by atoms with Crippen LogP contribution in [0.5, 0.6) is 0 Å². The van der Waals surface area contributed by atoms with Crippen molar-refractivity contribution in [1.29, 1.82) is 0 Å². The maximum atomic E-state index is 4.64. The molecule has 0 spiro atoms. The van der Waals surface area contributed by atoms with E-state index >= 15 is 0 Å². The molecular formula is C18H24N2. The SMILES string of the molecule is CC(C)[C@H]1CN1[C@H](c1cccc2cccnc12)C(C)C. The van der Waals surface area contributed by atoms with Crippen molar-refractivity contribution >= 4 is 10.9 Å². The fraction of sp³-hybridized carbons (Fsp3) is 0.500. The predicted molar refractivity (Wildman–Crippen MR) is 84.7 cm³/mol. The first-order valence-corrected chi connectivity index (χ1v) is 7.69. The molecule has 1 aromatic heterocycles. The van der Waals surface area contributed by atoms with Crippen LogP contribution in [0.15, 0.2) is 36.5 Å². The van der Waals surface area contributed by atoms with Crippen LogP contribution >= 0.6 is 0 Å². The average molecular weight is 268 g/mol. The molecule has 106 valence electrons. The maximum Gasteiger partial charge on any atom is 0.0749 e. The fourth-order valence-corrected chi connectivity index (χ4v) is 3.37. The van der Waals surface area contributed by atoms with Gasteiger partial charge in [0.05, 0.1) is 5.52 Å². The molecule has 2 heterocycles. The minimum Gasteiger partial charge on any atom is -0.290 e. The van der Waals surface area contributed by atoms with Crippen LogP contribution in [0.1, 0.15) is 39.3 Å². The van der Waals surface area contributed by atoms with Crippen LogP contribution < -0.4 is 0 Å². The number of pyridine rings is 1. The van der Waals surface area contributed by atoms with Crippen molar-refractivity contribution in [2.24, 2.45) is 11.8 Å². The van der Waals surface area contributed by atoms with Gasteiger partial charge in [-0.3, -0.25) is 9.88 Å². The molecule has 0 radical (unpaired) electrons. The zero-order valence-electron chi connectivity index (χ0n) is 12.9. The van der Waals surface area contributed by atoms with Gasteiger partial charge < -0.3 is 0 Å². The number of rotatable bonds is 4. The molecule has 2 heteroatoms. The topological polar surface area (TPSA) is 15.9 Å². The monoisotopic (exact) mass is 268 g/mol. The van der Waals surface area contributed by atoms with Gasteiger partial charge in [0.1, 0.15) is 0 Å². The Kier molecular flexibility index (Phi) is 3.51. The predicted octanol–water partition coefficient (Wildman–Crippen LogP) is 4.27. The minimum absolute atomic E-state index is 0.487. The molecule has 1 unspecified atom stereocenters. The van der Waals surface area contributed by atoms with Crippen LogP contribution in [0.2, 0.25) is 0 Å². The van der Waals surface area contributed by atoms with Gasteiger partial charge in [-0.2, -0.15) is 0 Å². The van der Waals surface area contributed by atoms with Crippen molar-refractivity contribution in [2.45, 2.75) is 39.8 Å². The molecule has 3 atom stereocenters. The molecule has 1 saturated heterocycles. The summed E-state index contributed by atoms with van der Waals surface area (Å²) in [6.45, 7) is 10.5. The van der Waals surface area contributed by atoms with Gasteiger partial charge in [0.25, 0.3) is 0 Å². The highest BCUT2D eigenvalue weighted by molar-refractivity contribution is 5.82. The highest BCUT2D eigenvalue weighted by Gasteiger charge is 2.43. The second-order valence-corrected chi connectivity index (χ2v) is 6.62. The van der Waals surface area contributed by atoms with Gasteiger partial charge >= 0.3 is 0 Å². The molecule has 0 saturated carbocycles. The lowest BCUT2D eigenvalue weighted by Gasteiger charge is -2.25. The van der Waals surface area contributed by atoms with Gasteiger partial charge in [-0.05, 0) is 23.5 Å². The van der Waals surface area contributed by atoms with Crippen molar-refractivity contribution < 1.29 is 0 Å². The summed E-state index contributed by atoms with van der Waals surface area (Å²) in [6, 6.07) is 12.0. The maximum absolute atomic E-state index is 4.64. The Balaban J connectivity index is 2.03. The molecule has 0 N–H and O–H groups in total. The summed E-state index contributed by atoms with van der Waals surface area (Å²) in [5.74, 6) is 1.34. The fourth-order valence-electron chi connectivity index (χ4n) is 3.37. The highest BCUT2D eigenvalue weighted by atomic mass is 15.3. The molecule has 1 aromatic carbocycles. The smallest absolute Gasteiger partial charge is 0.0749 e. The molecule has 0 bridgehead atoms. The van der Waals surface area contributed by atoms with E-state index in [-0.39, 0.29) is 0 Å². The number of aromatic nitrogens is 1. The van der Waals surface area contributed by atoms with E-state index in [0.717, 1.165) is 12.0 Å². The van der Waals surface area contributed by atoms with Crippen molar-refractivity contribution in [1.82, 2.24) is 9.88 Å². The molecule has 1 aliphatic heterocycles. The minimum atomic E-state index is 0.487. The van der Waals surface area contributed by atoms with Crippen LogP contribution in [0.3, 0.4) is 0 Å². The molecule has 0 aliphatic carbocycles. The van der Waals surface area contributed by atoms with Gasteiger partial charge in [-0.1, -0.05) is 52.0 Å². The first-order chi connectivity index (χ1) is 9.59. The largest absolute Gasteiger partial charge is 0.290 e. The van der Waals surface area contributed by atoms with E-state index in [4.69, 9.17) is 0 Å². The van der Waals surface area contributed by atoms with Gasteiger partial charge in [0.2, 0.25) is 0 Å².